The lowest BCUT2D eigenvalue weighted by Crippen LogP contribution is -2.48. The topological polar surface area (TPSA) is 117 Å². The first-order valence-electron chi connectivity index (χ1n) is 13.4. The third kappa shape index (κ3) is 4.34. The van der Waals surface area contributed by atoms with Gasteiger partial charge in [-0.15, -0.1) is 0 Å². The second-order valence-corrected chi connectivity index (χ2v) is 10.9. The van der Waals surface area contributed by atoms with Gasteiger partial charge in [0.25, 0.3) is 5.91 Å². The van der Waals surface area contributed by atoms with E-state index < -0.39 is 17.6 Å². The van der Waals surface area contributed by atoms with Crippen LogP contribution in [0.15, 0.2) is 42.5 Å². The van der Waals surface area contributed by atoms with E-state index in [4.69, 9.17) is 4.74 Å². The maximum absolute atomic E-state index is 14.0. The number of rotatable bonds is 8. The van der Waals surface area contributed by atoms with E-state index in [-0.39, 0.29) is 30.2 Å². The molecule has 3 fully saturated rings. The fourth-order valence-electron chi connectivity index (χ4n) is 5.91. The summed E-state index contributed by atoms with van der Waals surface area (Å²) in [5.74, 6) is -0.244. The number of ether oxygens (including phenoxy) is 1. The quantitative estimate of drug-likeness (QED) is 0.497. The minimum absolute atomic E-state index is 0.0312. The van der Waals surface area contributed by atoms with E-state index in [2.05, 4.69) is 22.9 Å². The van der Waals surface area contributed by atoms with Crippen LogP contribution in [0.25, 0.3) is 0 Å². The molecule has 2 aliphatic carbocycles. The molecule has 1 spiro atoms. The predicted molar refractivity (Wildman–Crippen MR) is 139 cm³/mol. The number of fused-ring (bicyclic) bond motifs is 2. The summed E-state index contributed by atoms with van der Waals surface area (Å²) in [6.45, 7) is 3.85. The summed E-state index contributed by atoms with van der Waals surface area (Å²) in [5.41, 5.74) is 2.35. The first kappa shape index (κ1) is 24.6. The molecule has 4 aliphatic rings. The Labute approximate surface area is 221 Å². The van der Waals surface area contributed by atoms with Crippen molar-refractivity contribution in [3.8, 4) is 0 Å². The summed E-state index contributed by atoms with van der Waals surface area (Å²) in [6, 6.07) is 13.5. The number of benzene rings is 2. The van der Waals surface area contributed by atoms with Gasteiger partial charge >= 0.3 is 6.09 Å². The highest BCUT2D eigenvalue weighted by molar-refractivity contribution is 6.04. The highest BCUT2D eigenvalue weighted by Crippen LogP contribution is 2.46. The van der Waals surface area contributed by atoms with Gasteiger partial charge in [-0.2, -0.15) is 0 Å². The zero-order chi connectivity index (χ0) is 26.4. The molecule has 4 amide bonds. The Kier molecular flexibility index (Phi) is 6.18. The lowest BCUT2D eigenvalue weighted by Gasteiger charge is -2.31. The number of nitrogens with zero attached hydrogens (tertiary/aromatic N) is 1. The predicted octanol–water partition coefficient (Wildman–Crippen LogP) is 2.62. The molecule has 0 radical (unpaired) electrons. The molecular formula is C29H32N4O5. The van der Waals surface area contributed by atoms with E-state index in [1.54, 1.807) is 12.1 Å². The van der Waals surface area contributed by atoms with Crippen LogP contribution in [-0.2, 0) is 44.1 Å². The molecule has 1 unspecified atom stereocenters. The SMILES string of the molecule is C[C@@H](C1CC1)N(Cc1ccccc1)C(=O)Cc1c(NC(=O)C2CNC2)ccc2c1CCC21OC(=O)NC1=O. The van der Waals surface area contributed by atoms with Gasteiger partial charge in [-0.05, 0) is 54.9 Å². The minimum atomic E-state index is -1.38. The second-order valence-electron chi connectivity index (χ2n) is 10.9. The summed E-state index contributed by atoms with van der Waals surface area (Å²) in [6.07, 6.45) is 2.31. The van der Waals surface area contributed by atoms with Crippen molar-refractivity contribution in [3.63, 3.8) is 0 Å². The van der Waals surface area contributed by atoms with Crippen molar-refractivity contribution in [1.29, 1.82) is 0 Å². The van der Waals surface area contributed by atoms with Crippen LogP contribution in [0.5, 0.6) is 0 Å². The molecule has 0 bridgehead atoms. The lowest BCUT2D eigenvalue weighted by atomic mass is 9.91. The van der Waals surface area contributed by atoms with Crippen LogP contribution in [-0.4, -0.2) is 47.8 Å². The first-order chi connectivity index (χ1) is 18.4. The Morgan fingerprint density at radius 3 is 2.53 bits per heavy atom. The third-order valence-electron chi connectivity index (χ3n) is 8.49. The average molecular weight is 517 g/mol. The smallest absolute Gasteiger partial charge is 0.415 e. The second kappa shape index (κ2) is 9.54. The first-order valence-corrected chi connectivity index (χ1v) is 13.4. The van der Waals surface area contributed by atoms with Crippen molar-refractivity contribution in [2.45, 2.75) is 57.2 Å². The molecule has 6 rings (SSSR count). The molecule has 1 saturated carbocycles. The van der Waals surface area contributed by atoms with E-state index in [1.807, 2.05) is 35.2 Å². The van der Waals surface area contributed by atoms with Gasteiger partial charge in [0, 0.05) is 43.3 Å². The highest BCUT2D eigenvalue weighted by Gasteiger charge is 2.54. The Morgan fingerprint density at radius 1 is 1.13 bits per heavy atom. The Morgan fingerprint density at radius 2 is 1.89 bits per heavy atom. The van der Waals surface area contributed by atoms with E-state index in [0.717, 1.165) is 24.0 Å². The number of imide groups is 1. The Balaban J connectivity index is 1.35. The maximum atomic E-state index is 14.0. The fourth-order valence-corrected chi connectivity index (χ4v) is 5.91. The van der Waals surface area contributed by atoms with Crippen molar-refractivity contribution in [2.75, 3.05) is 18.4 Å². The van der Waals surface area contributed by atoms with Gasteiger partial charge in [0.1, 0.15) is 0 Å². The molecule has 2 aromatic carbocycles. The number of anilines is 1. The van der Waals surface area contributed by atoms with Gasteiger partial charge in [0.2, 0.25) is 17.4 Å². The number of nitrogens with one attached hydrogen (secondary N) is 3. The van der Waals surface area contributed by atoms with Gasteiger partial charge in [-0.25, -0.2) is 4.79 Å². The van der Waals surface area contributed by atoms with Crippen molar-refractivity contribution >= 4 is 29.5 Å². The molecule has 2 aromatic rings. The summed E-state index contributed by atoms with van der Waals surface area (Å²) < 4.78 is 5.51. The third-order valence-corrected chi connectivity index (χ3v) is 8.49. The summed E-state index contributed by atoms with van der Waals surface area (Å²) in [4.78, 5) is 53.5. The molecule has 2 saturated heterocycles. The molecule has 9 heteroatoms. The Hall–Kier alpha value is -3.72. The molecule has 2 heterocycles. The van der Waals surface area contributed by atoms with Gasteiger partial charge < -0.3 is 20.3 Å². The van der Waals surface area contributed by atoms with Crippen LogP contribution in [0.1, 0.15) is 48.4 Å². The zero-order valence-electron chi connectivity index (χ0n) is 21.4. The summed E-state index contributed by atoms with van der Waals surface area (Å²) in [5, 5.41) is 8.41. The monoisotopic (exact) mass is 516 g/mol. The molecule has 2 atom stereocenters. The molecule has 38 heavy (non-hydrogen) atoms. The minimum Gasteiger partial charge on any atom is -0.427 e. The van der Waals surface area contributed by atoms with E-state index in [9.17, 15) is 19.2 Å². The highest BCUT2D eigenvalue weighted by atomic mass is 16.6. The number of carbonyl (C=O) groups excluding carboxylic acids is 4. The molecule has 3 N–H and O–H groups in total. The molecule has 9 nitrogen and oxygen atoms in total. The van der Waals surface area contributed by atoms with E-state index in [1.165, 1.54) is 0 Å². The molecular weight excluding hydrogens is 484 g/mol. The summed E-state index contributed by atoms with van der Waals surface area (Å²) in [7, 11) is 0. The van der Waals surface area contributed by atoms with Gasteiger partial charge in [0.05, 0.1) is 12.3 Å². The maximum Gasteiger partial charge on any atom is 0.415 e. The molecule has 198 valence electrons. The zero-order valence-corrected chi connectivity index (χ0v) is 21.4. The largest absolute Gasteiger partial charge is 0.427 e. The van der Waals surface area contributed by atoms with Crippen LogP contribution in [0.4, 0.5) is 10.5 Å². The van der Waals surface area contributed by atoms with Crippen LogP contribution in [0.3, 0.4) is 0 Å². The lowest BCUT2D eigenvalue weighted by molar-refractivity contribution is -0.133. The molecule has 2 aliphatic heterocycles. The van der Waals surface area contributed by atoms with Crippen molar-refractivity contribution in [1.82, 2.24) is 15.5 Å². The number of amides is 4. The van der Waals surface area contributed by atoms with E-state index in [0.29, 0.717) is 55.2 Å². The van der Waals surface area contributed by atoms with Gasteiger partial charge in [-0.1, -0.05) is 36.4 Å². The van der Waals surface area contributed by atoms with Gasteiger partial charge in [-0.3, -0.25) is 19.7 Å². The molecule has 0 aromatic heterocycles. The average Bonchev–Trinajstić information content (AvgIpc) is 3.59. The summed E-state index contributed by atoms with van der Waals surface area (Å²) >= 11 is 0. The van der Waals surface area contributed by atoms with Crippen molar-refractivity contribution in [2.24, 2.45) is 11.8 Å². The van der Waals surface area contributed by atoms with Crippen molar-refractivity contribution in [3.05, 3.63) is 64.7 Å². The normalized spacial score (nSPS) is 22.9. The van der Waals surface area contributed by atoms with Crippen LogP contribution in [0, 0.1) is 11.8 Å². The number of alkyl carbamates (subject to hydrolysis) is 1. The van der Waals surface area contributed by atoms with Crippen molar-refractivity contribution < 1.29 is 23.9 Å². The Bertz CT molecular complexity index is 1300. The standard InChI is InChI=1S/C29H32N4O5/c1-17(19-7-8-19)33(16-18-5-3-2-4-6-18)25(34)13-22-21-11-12-29(27(36)32-28(37)38-29)23(21)9-10-24(22)31-26(35)20-14-30-15-20/h2-6,9-10,17,19-20,30H,7-8,11-16H2,1H3,(H,31,35)(H,32,36,37)/t17-,29?/m0/s1. The van der Waals surface area contributed by atoms with Gasteiger partial charge in [0.15, 0.2) is 0 Å². The number of hydrogen-bond acceptors (Lipinski definition) is 6. The van der Waals surface area contributed by atoms with Crippen LogP contribution in [0.2, 0.25) is 0 Å². The van der Waals surface area contributed by atoms with Crippen LogP contribution < -0.4 is 16.0 Å². The van der Waals surface area contributed by atoms with Crippen LogP contribution >= 0.6 is 0 Å². The fraction of sp³-hybridized carbons (Fsp3) is 0.448. The van der Waals surface area contributed by atoms with E-state index >= 15 is 0 Å². The number of hydrogen-bond donors (Lipinski definition) is 3. The number of carbonyl (C=O) groups is 4.